The van der Waals surface area contributed by atoms with E-state index in [2.05, 4.69) is 36.3 Å². The molecule has 4 nitrogen and oxygen atoms in total. The maximum Gasteiger partial charge on any atom is 0.316 e. The van der Waals surface area contributed by atoms with Crippen LogP contribution in [0.3, 0.4) is 0 Å². The highest BCUT2D eigenvalue weighted by molar-refractivity contribution is 5.94. The summed E-state index contributed by atoms with van der Waals surface area (Å²) in [5, 5.41) is 4.65. The molecule has 1 aromatic carbocycles. The zero-order valence-electron chi connectivity index (χ0n) is 12.8. The molecular weight excluding hydrogens is 262 g/mol. The van der Waals surface area contributed by atoms with Gasteiger partial charge in [-0.15, -0.1) is 0 Å². The zero-order valence-corrected chi connectivity index (χ0v) is 12.8. The van der Waals surface area contributed by atoms with Gasteiger partial charge in [-0.2, -0.15) is 10.1 Å². The molecule has 2 aliphatic carbocycles. The number of oxazole rings is 1. The van der Waals surface area contributed by atoms with Crippen LogP contribution < -0.4 is 5.43 Å². The molecule has 0 amide bonds. The third-order valence-electron chi connectivity index (χ3n) is 6.09. The minimum Gasteiger partial charge on any atom is -0.422 e. The minimum absolute atomic E-state index is 0.205. The summed E-state index contributed by atoms with van der Waals surface area (Å²) in [5.41, 5.74) is 6.50. The second kappa shape index (κ2) is 4.09. The van der Waals surface area contributed by atoms with Crippen LogP contribution in [0.4, 0.5) is 6.01 Å². The van der Waals surface area contributed by atoms with Gasteiger partial charge in [0.25, 0.3) is 0 Å². The molecule has 0 radical (unpaired) electrons. The first-order valence-corrected chi connectivity index (χ1v) is 7.69. The van der Waals surface area contributed by atoms with Crippen molar-refractivity contribution in [1.29, 1.82) is 0 Å². The number of nitrogens with zero attached hydrogens (tertiary/aromatic N) is 2. The normalized spacial score (nSPS) is 32.1. The number of anilines is 1. The van der Waals surface area contributed by atoms with Gasteiger partial charge in [-0.1, -0.05) is 32.9 Å². The van der Waals surface area contributed by atoms with Crippen LogP contribution in [-0.2, 0) is 0 Å². The van der Waals surface area contributed by atoms with Gasteiger partial charge < -0.3 is 4.42 Å². The molecule has 1 aromatic heterocycles. The Balaban J connectivity index is 1.62. The summed E-state index contributed by atoms with van der Waals surface area (Å²) in [6.45, 7) is 7.12. The molecule has 2 unspecified atom stereocenters. The van der Waals surface area contributed by atoms with Crippen molar-refractivity contribution in [2.24, 2.45) is 21.8 Å². The summed E-state index contributed by atoms with van der Waals surface area (Å²) in [4.78, 5) is 4.41. The Labute approximate surface area is 124 Å². The quantitative estimate of drug-likeness (QED) is 0.829. The van der Waals surface area contributed by atoms with Crippen molar-refractivity contribution in [2.45, 2.75) is 40.0 Å². The summed E-state index contributed by atoms with van der Waals surface area (Å²) in [5.74, 6) is 0.756. The summed E-state index contributed by atoms with van der Waals surface area (Å²) >= 11 is 0. The third-order valence-corrected chi connectivity index (χ3v) is 6.09. The highest BCUT2D eigenvalue weighted by Gasteiger charge is 2.59. The van der Waals surface area contributed by atoms with Crippen molar-refractivity contribution in [1.82, 2.24) is 4.98 Å². The third kappa shape index (κ3) is 1.68. The molecule has 2 aliphatic rings. The second-order valence-electron chi connectivity index (χ2n) is 7.15. The van der Waals surface area contributed by atoms with Crippen molar-refractivity contribution in [3.63, 3.8) is 0 Å². The lowest BCUT2D eigenvalue weighted by molar-refractivity contribution is 0.194. The van der Waals surface area contributed by atoms with Crippen LogP contribution in [0.25, 0.3) is 11.1 Å². The van der Waals surface area contributed by atoms with Gasteiger partial charge in [0.2, 0.25) is 0 Å². The van der Waals surface area contributed by atoms with Gasteiger partial charge >= 0.3 is 6.01 Å². The van der Waals surface area contributed by atoms with E-state index in [1.807, 2.05) is 24.3 Å². The van der Waals surface area contributed by atoms with Crippen molar-refractivity contribution >= 4 is 22.8 Å². The van der Waals surface area contributed by atoms with Crippen molar-refractivity contribution in [3.05, 3.63) is 24.3 Å². The van der Waals surface area contributed by atoms with E-state index in [0.29, 0.717) is 11.4 Å². The number of hydrazone groups is 1. The van der Waals surface area contributed by atoms with Crippen molar-refractivity contribution < 1.29 is 4.42 Å². The molecule has 2 aromatic rings. The largest absolute Gasteiger partial charge is 0.422 e. The zero-order chi connectivity index (χ0) is 14.7. The lowest BCUT2D eigenvalue weighted by Gasteiger charge is -2.34. The first kappa shape index (κ1) is 12.9. The standard InChI is InChI=1S/C17H21N3O/c1-16(2)11-8-9-17(16,3)14(10-11)19-20-15-18-12-6-4-5-7-13(12)21-15/h4-7,11H,8-10H2,1-3H3,(H,18,20). The fourth-order valence-corrected chi connectivity index (χ4v) is 4.13. The van der Waals surface area contributed by atoms with E-state index in [1.54, 1.807) is 0 Å². The number of nitrogens with one attached hydrogen (secondary N) is 1. The SMILES string of the molecule is CC12CCC(CC1=NNc1nc3ccccc3o1)C2(C)C. The Morgan fingerprint density at radius 2 is 2.10 bits per heavy atom. The van der Waals surface area contributed by atoms with Gasteiger partial charge in [-0.3, -0.25) is 0 Å². The number of para-hydroxylation sites is 2. The molecule has 0 saturated heterocycles. The molecule has 1 N–H and O–H groups in total. The Morgan fingerprint density at radius 3 is 2.76 bits per heavy atom. The number of rotatable bonds is 2. The summed E-state index contributed by atoms with van der Waals surface area (Å²) in [6.07, 6.45) is 3.65. The Bertz CT molecular complexity index is 697. The highest BCUT2D eigenvalue weighted by Crippen LogP contribution is 2.63. The lowest BCUT2D eigenvalue weighted by atomic mass is 9.70. The first-order chi connectivity index (χ1) is 10.0. The van der Waals surface area contributed by atoms with Gasteiger partial charge in [0.1, 0.15) is 5.52 Å². The molecule has 2 fully saturated rings. The predicted molar refractivity (Wildman–Crippen MR) is 84.3 cm³/mol. The topological polar surface area (TPSA) is 50.4 Å². The van der Waals surface area contributed by atoms with Gasteiger partial charge in [0.05, 0.1) is 0 Å². The number of hydrogen-bond donors (Lipinski definition) is 1. The molecule has 0 spiro atoms. The summed E-state index contributed by atoms with van der Waals surface area (Å²) < 4.78 is 5.66. The van der Waals surface area contributed by atoms with E-state index in [-0.39, 0.29) is 5.41 Å². The van der Waals surface area contributed by atoms with Crippen LogP contribution in [0.15, 0.2) is 33.8 Å². The van der Waals surface area contributed by atoms with Crippen LogP contribution in [0, 0.1) is 16.7 Å². The molecule has 21 heavy (non-hydrogen) atoms. The maximum atomic E-state index is 5.66. The van der Waals surface area contributed by atoms with Crippen LogP contribution in [0.1, 0.15) is 40.0 Å². The molecule has 0 aliphatic heterocycles. The fraction of sp³-hybridized carbons (Fsp3) is 0.529. The molecule has 110 valence electrons. The number of aromatic nitrogens is 1. The summed E-state index contributed by atoms with van der Waals surface area (Å²) in [7, 11) is 0. The Morgan fingerprint density at radius 1 is 1.29 bits per heavy atom. The Hall–Kier alpha value is -1.84. The number of hydrogen-bond acceptors (Lipinski definition) is 4. The van der Waals surface area contributed by atoms with Crippen LogP contribution in [-0.4, -0.2) is 10.7 Å². The van der Waals surface area contributed by atoms with E-state index in [0.717, 1.165) is 23.4 Å². The van der Waals surface area contributed by atoms with Gasteiger partial charge in [-0.25, -0.2) is 5.43 Å². The number of fused-ring (bicyclic) bond motifs is 3. The van der Waals surface area contributed by atoms with Gasteiger partial charge in [-0.05, 0) is 42.7 Å². The number of benzene rings is 1. The molecule has 4 rings (SSSR count). The smallest absolute Gasteiger partial charge is 0.316 e. The van der Waals surface area contributed by atoms with Crippen molar-refractivity contribution in [3.8, 4) is 0 Å². The van der Waals surface area contributed by atoms with Gasteiger partial charge in [0.15, 0.2) is 5.58 Å². The molecule has 4 heteroatoms. The van der Waals surface area contributed by atoms with E-state index >= 15 is 0 Å². The molecule has 2 saturated carbocycles. The first-order valence-electron chi connectivity index (χ1n) is 7.69. The average Bonchev–Trinajstić information content (AvgIpc) is 3.02. The Kier molecular flexibility index (Phi) is 2.51. The predicted octanol–water partition coefficient (Wildman–Crippen LogP) is 4.44. The maximum absolute atomic E-state index is 5.66. The molecular formula is C17H21N3O. The van der Waals surface area contributed by atoms with Gasteiger partial charge in [0, 0.05) is 11.1 Å². The second-order valence-corrected chi connectivity index (χ2v) is 7.15. The van der Waals surface area contributed by atoms with E-state index < -0.39 is 0 Å². The van der Waals surface area contributed by atoms with Crippen LogP contribution >= 0.6 is 0 Å². The van der Waals surface area contributed by atoms with E-state index in [4.69, 9.17) is 4.42 Å². The van der Waals surface area contributed by atoms with E-state index in [9.17, 15) is 0 Å². The van der Waals surface area contributed by atoms with Crippen molar-refractivity contribution in [2.75, 3.05) is 5.43 Å². The monoisotopic (exact) mass is 283 g/mol. The lowest BCUT2D eigenvalue weighted by Crippen LogP contribution is -2.32. The highest BCUT2D eigenvalue weighted by atomic mass is 16.4. The summed E-state index contributed by atoms with van der Waals surface area (Å²) in [6, 6.07) is 8.25. The molecule has 1 heterocycles. The molecule has 2 atom stereocenters. The van der Waals surface area contributed by atoms with Crippen LogP contribution in [0.2, 0.25) is 0 Å². The fourth-order valence-electron chi connectivity index (χ4n) is 4.13. The minimum atomic E-state index is 0.205. The average molecular weight is 283 g/mol. The van der Waals surface area contributed by atoms with E-state index in [1.165, 1.54) is 18.6 Å². The van der Waals surface area contributed by atoms with Crippen LogP contribution in [0.5, 0.6) is 0 Å². The molecule has 2 bridgehead atoms.